The van der Waals surface area contributed by atoms with E-state index in [-0.39, 0.29) is 18.0 Å². The first-order valence-corrected chi connectivity index (χ1v) is 9.58. The average molecular weight is 402 g/mol. The van der Waals surface area contributed by atoms with Crippen LogP contribution in [-0.2, 0) is 6.54 Å². The van der Waals surface area contributed by atoms with Gasteiger partial charge in [-0.3, -0.25) is 4.79 Å². The van der Waals surface area contributed by atoms with E-state index in [1.165, 1.54) is 5.56 Å². The smallest absolute Gasteiger partial charge is 0.257 e. The molecule has 4 rings (SSSR count). The molecule has 0 saturated heterocycles. The summed E-state index contributed by atoms with van der Waals surface area (Å²) in [6, 6.07) is 16.7. The molecule has 2 aromatic heterocycles. The van der Waals surface area contributed by atoms with E-state index in [4.69, 9.17) is 13.6 Å². The van der Waals surface area contributed by atoms with E-state index >= 15 is 0 Å². The van der Waals surface area contributed by atoms with Crippen molar-refractivity contribution in [1.82, 2.24) is 5.32 Å². The summed E-state index contributed by atoms with van der Waals surface area (Å²) in [6.07, 6.45) is 1.57. The normalized spacial score (nSPS) is 11.6. The third-order valence-corrected chi connectivity index (χ3v) is 4.93. The highest BCUT2D eigenvalue weighted by molar-refractivity contribution is 5.97. The highest BCUT2D eigenvalue weighted by atomic mass is 16.5. The zero-order valence-electron chi connectivity index (χ0n) is 17.1. The van der Waals surface area contributed by atoms with Gasteiger partial charge < -0.3 is 18.9 Å². The van der Waals surface area contributed by atoms with Crippen molar-refractivity contribution in [2.24, 2.45) is 4.99 Å². The second-order valence-electron chi connectivity index (χ2n) is 6.99. The van der Waals surface area contributed by atoms with Crippen molar-refractivity contribution < 1.29 is 18.4 Å². The minimum Gasteiger partial charge on any atom is -0.493 e. The fourth-order valence-corrected chi connectivity index (χ4v) is 3.12. The number of furan rings is 1. The Morgan fingerprint density at radius 3 is 2.67 bits per heavy atom. The SMILES string of the molecule is COc1cccc2cc(C(=O)NCc3ccco3)c(=Nc3ccc(C)c(C)c3)oc12. The summed E-state index contributed by atoms with van der Waals surface area (Å²) in [6.45, 7) is 4.33. The summed E-state index contributed by atoms with van der Waals surface area (Å²) >= 11 is 0. The van der Waals surface area contributed by atoms with Gasteiger partial charge in [0.1, 0.15) is 11.3 Å². The maximum Gasteiger partial charge on any atom is 0.257 e. The van der Waals surface area contributed by atoms with Gasteiger partial charge in [0.15, 0.2) is 11.3 Å². The summed E-state index contributed by atoms with van der Waals surface area (Å²) in [4.78, 5) is 17.6. The fraction of sp³-hybridized carbons (Fsp3) is 0.167. The van der Waals surface area contributed by atoms with E-state index in [1.54, 1.807) is 31.6 Å². The maximum atomic E-state index is 13.0. The molecule has 0 aliphatic heterocycles. The Bertz CT molecular complexity index is 1270. The summed E-state index contributed by atoms with van der Waals surface area (Å²) in [5.41, 5.74) is 4.06. The molecule has 0 spiro atoms. The highest BCUT2D eigenvalue weighted by Crippen LogP contribution is 2.25. The van der Waals surface area contributed by atoms with Gasteiger partial charge in [0.25, 0.3) is 5.91 Å². The van der Waals surface area contributed by atoms with Crippen molar-refractivity contribution in [2.45, 2.75) is 20.4 Å². The number of rotatable bonds is 5. The van der Waals surface area contributed by atoms with Gasteiger partial charge in [-0.1, -0.05) is 18.2 Å². The quantitative estimate of drug-likeness (QED) is 0.519. The van der Waals surface area contributed by atoms with Crippen LogP contribution in [-0.4, -0.2) is 13.0 Å². The van der Waals surface area contributed by atoms with Gasteiger partial charge in [0.2, 0.25) is 5.55 Å². The number of hydrogen-bond acceptors (Lipinski definition) is 5. The lowest BCUT2D eigenvalue weighted by atomic mass is 10.1. The number of methoxy groups -OCH3 is 1. The monoisotopic (exact) mass is 402 g/mol. The van der Waals surface area contributed by atoms with Crippen molar-refractivity contribution in [3.63, 3.8) is 0 Å². The predicted octanol–water partition coefficient (Wildman–Crippen LogP) is 4.81. The Morgan fingerprint density at radius 1 is 1.07 bits per heavy atom. The van der Waals surface area contributed by atoms with Gasteiger partial charge in [-0.2, -0.15) is 0 Å². The van der Waals surface area contributed by atoms with Crippen LogP contribution in [0, 0.1) is 13.8 Å². The third kappa shape index (κ3) is 3.98. The van der Waals surface area contributed by atoms with E-state index < -0.39 is 0 Å². The van der Waals surface area contributed by atoms with Crippen LogP contribution in [0.4, 0.5) is 5.69 Å². The lowest BCUT2D eigenvalue weighted by Gasteiger charge is -2.08. The zero-order chi connectivity index (χ0) is 21.1. The number of ether oxygens (including phenoxy) is 1. The lowest BCUT2D eigenvalue weighted by Crippen LogP contribution is -2.28. The number of carbonyl (C=O) groups excluding carboxylic acids is 1. The van der Waals surface area contributed by atoms with E-state index in [2.05, 4.69) is 10.3 Å². The Labute approximate surface area is 173 Å². The van der Waals surface area contributed by atoms with Crippen LogP contribution < -0.4 is 15.6 Å². The number of aryl methyl sites for hydroxylation is 2. The van der Waals surface area contributed by atoms with E-state index in [1.807, 2.05) is 50.2 Å². The molecule has 0 fully saturated rings. The van der Waals surface area contributed by atoms with Crippen LogP contribution >= 0.6 is 0 Å². The zero-order valence-corrected chi connectivity index (χ0v) is 17.1. The summed E-state index contributed by atoms with van der Waals surface area (Å²) in [5.74, 6) is 0.935. The van der Waals surface area contributed by atoms with Crippen LogP contribution in [0.1, 0.15) is 27.2 Å². The van der Waals surface area contributed by atoms with E-state index in [9.17, 15) is 4.79 Å². The van der Waals surface area contributed by atoms with E-state index in [0.717, 1.165) is 10.9 Å². The van der Waals surface area contributed by atoms with Gasteiger partial charge in [0, 0.05) is 5.39 Å². The van der Waals surface area contributed by atoms with Crippen LogP contribution in [0.15, 0.2) is 74.7 Å². The van der Waals surface area contributed by atoms with Gasteiger partial charge in [0.05, 0.1) is 25.6 Å². The van der Waals surface area contributed by atoms with Crippen molar-refractivity contribution in [2.75, 3.05) is 7.11 Å². The highest BCUT2D eigenvalue weighted by Gasteiger charge is 2.15. The lowest BCUT2D eigenvalue weighted by molar-refractivity contribution is 0.0944. The number of hydrogen-bond donors (Lipinski definition) is 1. The Kier molecular flexibility index (Phi) is 5.39. The average Bonchev–Trinajstić information content (AvgIpc) is 3.27. The number of fused-ring (bicyclic) bond motifs is 1. The number of nitrogens with one attached hydrogen (secondary N) is 1. The van der Waals surface area contributed by atoms with Crippen molar-refractivity contribution in [1.29, 1.82) is 0 Å². The molecular weight excluding hydrogens is 380 g/mol. The first kappa shape index (κ1) is 19.5. The number of nitrogens with zero attached hydrogens (tertiary/aromatic N) is 1. The molecule has 2 aromatic carbocycles. The third-order valence-electron chi connectivity index (χ3n) is 4.93. The second-order valence-corrected chi connectivity index (χ2v) is 6.99. The van der Waals surface area contributed by atoms with Crippen molar-refractivity contribution in [3.8, 4) is 5.75 Å². The molecule has 152 valence electrons. The molecule has 0 unspecified atom stereocenters. The number of amides is 1. The Hall–Kier alpha value is -3.80. The number of carbonyl (C=O) groups is 1. The molecule has 0 aliphatic rings. The van der Waals surface area contributed by atoms with Crippen LogP contribution in [0.3, 0.4) is 0 Å². The molecule has 0 aliphatic carbocycles. The summed E-state index contributed by atoms with van der Waals surface area (Å²) in [5, 5.41) is 3.60. The van der Waals surface area contributed by atoms with E-state index in [0.29, 0.717) is 28.3 Å². The van der Waals surface area contributed by atoms with Gasteiger partial charge in [-0.25, -0.2) is 4.99 Å². The Balaban J connectivity index is 1.84. The topological polar surface area (TPSA) is 77.0 Å². The second kappa shape index (κ2) is 8.29. The number of para-hydroxylation sites is 1. The molecule has 4 aromatic rings. The standard InChI is InChI=1S/C24H22N2O4/c1-15-9-10-18(12-16(15)2)26-24-20(23(27)25-14-19-7-5-11-29-19)13-17-6-4-8-21(28-3)22(17)30-24/h4-13H,14H2,1-3H3,(H,25,27). The predicted molar refractivity (Wildman–Crippen MR) is 114 cm³/mol. The number of benzene rings is 2. The molecular formula is C24H22N2O4. The molecule has 1 N–H and O–H groups in total. The first-order valence-electron chi connectivity index (χ1n) is 9.58. The molecule has 2 heterocycles. The largest absolute Gasteiger partial charge is 0.493 e. The molecule has 0 bridgehead atoms. The first-order chi connectivity index (χ1) is 14.5. The summed E-state index contributed by atoms with van der Waals surface area (Å²) in [7, 11) is 1.58. The molecule has 6 nitrogen and oxygen atoms in total. The van der Waals surface area contributed by atoms with Crippen LogP contribution in [0.25, 0.3) is 11.0 Å². The molecule has 0 saturated carbocycles. The maximum absolute atomic E-state index is 13.0. The fourth-order valence-electron chi connectivity index (χ4n) is 3.12. The minimum absolute atomic E-state index is 0.215. The van der Waals surface area contributed by atoms with Gasteiger partial charge in [-0.15, -0.1) is 0 Å². The van der Waals surface area contributed by atoms with Crippen molar-refractivity contribution >= 4 is 22.6 Å². The van der Waals surface area contributed by atoms with Gasteiger partial charge in [-0.05, 0) is 61.4 Å². The van der Waals surface area contributed by atoms with Gasteiger partial charge >= 0.3 is 0 Å². The molecule has 0 radical (unpaired) electrons. The minimum atomic E-state index is -0.303. The molecule has 6 heteroatoms. The molecule has 1 amide bonds. The molecule has 30 heavy (non-hydrogen) atoms. The summed E-state index contributed by atoms with van der Waals surface area (Å²) < 4.78 is 16.8. The Morgan fingerprint density at radius 2 is 1.93 bits per heavy atom. The molecule has 0 atom stereocenters. The van der Waals surface area contributed by atoms with Crippen LogP contribution in [0.5, 0.6) is 5.75 Å². The van der Waals surface area contributed by atoms with Crippen LogP contribution in [0.2, 0.25) is 0 Å². The van der Waals surface area contributed by atoms with Crippen molar-refractivity contribution in [3.05, 3.63) is 88.9 Å².